The molecular weight excluding hydrogens is 330 g/mol. The molecule has 1 saturated heterocycles. The van der Waals surface area contributed by atoms with Crippen molar-refractivity contribution in [1.29, 1.82) is 0 Å². The first-order valence-corrected chi connectivity index (χ1v) is 8.68. The molecule has 1 saturated carbocycles. The van der Waals surface area contributed by atoms with Crippen molar-refractivity contribution in [3.8, 4) is 0 Å². The van der Waals surface area contributed by atoms with Crippen molar-refractivity contribution in [3.63, 3.8) is 0 Å². The van der Waals surface area contributed by atoms with Crippen LogP contribution in [0.2, 0.25) is 0 Å². The number of carbonyl (C=O) groups is 2. The topological polar surface area (TPSA) is 57.6 Å². The molecule has 3 atom stereocenters. The van der Waals surface area contributed by atoms with Crippen LogP contribution in [0, 0.1) is 17.8 Å². The molecule has 1 N–H and O–H groups in total. The molecule has 1 aliphatic heterocycles. The van der Waals surface area contributed by atoms with Crippen molar-refractivity contribution in [3.05, 3.63) is 35.9 Å². The molecule has 0 radical (unpaired) electrons. The second kappa shape index (κ2) is 9.21. The summed E-state index contributed by atoms with van der Waals surface area (Å²) >= 11 is 0. The third-order valence-corrected chi connectivity index (χ3v) is 5.42. The molecule has 1 aromatic carbocycles. The Kier molecular flexibility index (Phi) is 7.58. The Bertz CT molecular complexity index is 549. The van der Waals surface area contributed by atoms with Gasteiger partial charge in [-0.25, -0.2) is 0 Å². The van der Waals surface area contributed by atoms with Crippen LogP contribution in [-0.2, 0) is 16.0 Å². The summed E-state index contributed by atoms with van der Waals surface area (Å²) in [5, 5.41) is 9.46. The number of carboxylic acids is 1. The number of hydrogen-bond acceptors (Lipinski definition) is 2. The fourth-order valence-corrected chi connectivity index (χ4v) is 4.09. The Hall–Kier alpha value is -0.580. The van der Waals surface area contributed by atoms with E-state index < -0.39 is 11.9 Å². The summed E-state index contributed by atoms with van der Waals surface area (Å²) in [5.41, 5.74) is 0.975. The number of rotatable bonds is 5. The normalized spacial score (nSPS) is 23.9. The van der Waals surface area contributed by atoms with Gasteiger partial charge in [0.1, 0.15) is 0 Å². The summed E-state index contributed by atoms with van der Waals surface area (Å²) in [6.07, 6.45) is 5.53. The molecule has 1 amide bonds. The maximum atomic E-state index is 12.6. The first-order valence-electron chi connectivity index (χ1n) is 8.68. The molecule has 0 bridgehead atoms. The molecule has 2 fully saturated rings. The summed E-state index contributed by atoms with van der Waals surface area (Å²) in [7, 11) is 0. The van der Waals surface area contributed by atoms with Crippen molar-refractivity contribution in [2.45, 2.75) is 38.5 Å². The summed E-state index contributed by atoms with van der Waals surface area (Å²) in [5.74, 6) is -0.204. The molecule has 24 heavy (non-hydrogen) atoms. The zero-order valence-electron chi connectivity index (χ0n) is 13.5. The van der Waals surface area contributed by atoms with E-state index in [1.165, 1.54) is 25.7 Å². The number of fused-ring (bicyclic) bond motifs is 1. The Labute approximate surface area is 173 Å². The van der Waals surface area contributed by atoms with Crippen molar-refractivity contribution in [2.24, 2.45) is 17.8 Å². The van der Waals surface area contributed by atoms with E-state index in [0.717, 1.165) is 18.7 Å². The number of nitrogens with zero attached hydrogens (tertiary/aromatic N) is 1. The van der Waals surface area contributed by atoms with E-state index in [1.54, 1.807) is 0 Å². The van der Waals surface area contributed by atoms with E-state index >= 15 is 0 Å². The predicted octanol–water partition coefficient (Wildman–Crippen LogP) is 2.05. The average molecular weight is 358 g/mol. The number of likely N-dealkylation sites (tertiary alicyclic amines) is 1. The van der Waals surface area contributed by atoms with Crippen LogP contribution in [0.1, 0.15) is 37.7 Å². The Morgan fingerprint density at radius 2 is 1.67 bits per heavy atom. The molecule has 1 aliphatic carbocycles. The fraction of sp³-hybridized carbons (Fsp3) is 0.579. The maximum absolute atomic E-state index is 12.6. The van der Waals surface area contributed by atoms with E-state index in [9.17, 15) is 14.7 Å². The molecule has 0 spiro atoms. The van der Waals surface area contributed by atoms with Crippen LogP contribution in [0.4, 0.5) is 0 Å². The van der Waals surface area contributed by atoms with Crippen LogP contribution in [0.25, 0.3) is 0 Å². The molecule has 0 aromatic heterocycles. The van der Waals surface area contributed by atoms with Crippen LogP contribution >= 0.6 is 0 Å². The zero-order chi connectivity index (χ0) is 16.2. The third-order valence-electron chi connectivity index (χ3n) is 5.42. The van der Waals surface area contributed by atoms with Gasteiger partial charge in [0.15, 0.2) is 0 Å². The number of amides is 1. The number of hydrogen-bond donors (Lipinski definition) is 1. The molecule has 5 heteroatoms. The van der Waals surface area contributed by atoms with E-state index in [2.05, 4.69) is 0 Å². The minimum atomic E-state index is -0.876. The van der Waals surface area contributed by atoms with Gasteiger partial charge in [-0.15, -0.1) is 0 Å². The molecule has 1 unspecified atom stereocenters. The van der Waals surface area contributed by atoms with Crippen LogP contribution in [0.15, 0.2) is 30.3 Å². The third kappa shape index (κ3) is 4.96. The van der Waals surface area contributed by atoms with Gasteiger partial charge in [-0.2, -0.15) is 0 Å². The Morgan fingerprint density at radius 3 is 2.21 bits per heavy atom. The summed E-state index contributed by atoms with van der Waals surface area (Å²) in [4.78, 5) is 26.0. The average Bonchev–Trinajstić information content (AvgIpc) is 2.99. The van der Waals surface area contributed by atoms with Gasteiger partial charge in [-0.3, -0.25) is 9.59 Å². The second-order valence-corrected chi connectivity index (χ2v) is 7.03. The molecule has 128 valence electrons. The number of benzene rings is 1. The zero-order valence-corrected chi connectivity index (χ0v) is 13.5. The first kappa shape index (κ1) is 19.7. The summed E-state index contributed by atoms with van der Waals surface area (Å²) in [6, 6.07) is 9.56. The summed E-state index contributed by atoms with van der Waals surface area (Å²) < 4.78 is 0. The van der Waals surface area contributed by atoms with Gasteiger partial charge in [-0.05, 0) is 36.7 Å². The number of carbonyl (C=O) groups excluding carboxylic acids is 1. The van der Waals surface area contributed by atoms with Crippen molar-refractivity contribution >= 4 is 49.6 Å². The molecule has 3 rings (SSSR count). The first-order chi connectivity index (χ1) is 11.1. The van der Waals surface area contributed by atoms with Gasteiger partial charge in [0.2, 0.25) is 5.91 Å². The minimum absolute atomic E-state index is 0. The van der Waals surface area contributed by atoms with Gasteiger partial charge in [0.05, 0.1) is 5.92 Å². The van der Waals surface area contributed by atoms with Gasteiger partial charge >= 0.3 is 43.7 Å². The molecular formula is C19H27CaNO3. The van der Waals surface area contributed by atoms with E-state index in [4.69, 9.17) is 0 Å². The van der Waals surface area contributed by atoms with Gasteiger partial charge < -0.3 is 10.0 Å². The second-order valence-electron chi connectivity index (χ2n) is 7.03. The van der Waals surface area contributed by atoms with Crippen LogP contribution in [0.3, 0.4) is 0 Å². The van der Waals surface area contributed by atoms with Crippen molar-refractivity contribution in [2.75, 3.05) is 13.1 Å². The number of aliphatic carboxylic acids is 1. The Morgan fingerprint density at radius 1 is 1.08 bits per heavy atom. The van der Waals surface area contributed by atoms with E-state index in [-0.39, 0.29) is 50.1 Å². The van der Waals surface area contributed by atoms with Gasteiger partial charge in [-0.1, -0.05) is 43.2 Å². The van der Waals surface area contributed by atoms with Crippen LogP contribution in [-0.4, -0.2) is 72.7 Å². The molecule has 4 nitrogen and oxygen atoms in total. The Balaban J connectivity index is 0.00000208. The van der Waals surface area contributed by atoms with E-state index in [1.807, 2.05) is 35.2 Å². The van der Waals surface area contributed by atoms with Gasteiger partial charge in [0, 0.05) is 19.5 Å². The standard InChI is InChI=1S/C19H25NO3.Ca.2H/c21-18(20-12-15-8-4-5-9-16(15)13-20)11-17(19(22)23)10-14-6-2-1-3-7-14;;;/h1-3,6-7,15-17H,4-5,8-13H2,(H,22,23);;;/t15-,16+,17?;;;. The monoisotopic (exact) mass is 357 g/mol. The van der Waals surface area contributed by atoms with Crippen molar-refractivity contribution in [1.82, 2.24) is 4.90 Å². The van der Waals surface area contributed by atoms with Crippen molar-refractivity contribution < 1.29 is 14.7 Å². The predicted molar refractivity (Wildman–Crippen MR) is 96.5 cm³/mol. The van der Waals surface area contributed by atoms with E-state index in [0.29, 0.717) is 18.3 Å². The van der Waals surface area contributed by atoms with Crippen LogP contribution in [0.5, 0.6) is 0 Å². The van der Waals surface area contributed by atoms with Gasteiger partial charge in [0.25, 0.3) is 0 Å². The molecule has 2 aliphatic rings. The molecule has 1 heterocycles. The van der Waals surface area contributed by atoms with Crippen LogP contribution < -0.4 is 0 Å². The SMILES string of the molecule is O=C(O)C(CC(=O)N1C[C@H]2CCCC[C@H]2C1)Cc1ccccc1.[CaH2]. The summed E-state index contributed by atoms with van der Waals surface area (Å²) in [6.45, 7) is 1.67. The molecule has 1 aromatic rings. The number of carboxylic acid groups (broad SMARTS) is 1. The quantitative estimate of drug-likeness (QED) is 0.821. The fourth-order valence-electron chi connectivity index (χ4n) is 4.09.